The lowest BCUT2D eigenvalue weighted by Crippen LogP contribution is -2.44. The largest absolute Gasteiger partial charge is 0.488 e. The van der Waals surface area contributed by atoms with Crippen molar-refractivity contribution >= 4 is 15.7 Å². The van der Waals surface area contributed by atoms with E-state index in [1.165, 1.54) is 0 Å². The quantitative estimate of drug-likeness (QED) is 0.719. The molecule has 0 N–H and O–H groups in total. The van der Waals surface area contributed by atoms with Crippen LogP contribution in [-0.4, -0.2) is 30.6 Å². The summed E-state index contributed by atoms with van der Waals surface area (Å²) in [6, 6.07) is 4.98. The van der Waals surface area contributed by atoms with Crippen molar-refractivity contribution in [3.63, 3.8) is 0 Å². The first kappa shape index (κ1) is 18.8. The van der Waals surface area contributed by atoms with Gasteiger partial charge in [-0.1, -0.05) is 19.4 Å². The normalized spacial score (nSPS) is 19.4. The average molecular weight is 350 g/mol. The lowest BCUT2D eigenvalue weighted by molar-refractivity contribution is 0.0502. The summed E-state index contributed by atoms with van der Waals surface area (Å²) in [5, 5.41) is 0. The molecule has 1 aromatic carbocycles. The van der Waals surface area contributed by atoms with Gasteiger partial charge in [0, 0.05) is 18.5 Å². The summed E-state index contributed by atoms with van der Waals surface area (Å²) in [5.41, 5.74) is 0.854. The van der Waals surface area contributed by atoms with Gasteiger partial charge in [0.05, 0.1) is 18.4 Å². The predicted octanol–water partition coefficient (Wildman–Crippen LogP) is 4.29. The number of nitrogens with zero attached hydrogens (tertiary/aromatic N) is 2. The maximum Gasteiger partial charge on any atom is 0.214 e. The molecular formula is C18H26N2O3S. The number of fused-ring (bicyclic) bond motifs is 1. The molecule has 5 nitrogen and oxygen atoms in total. The third-order valence-electron chi connectivity index (χ3n) is 4.35. The van der Waals surface area contributed by atoms with Crippen molar-refractivity contribution in [1.29, 1.82) is 0 Å². The van der Waals surface area contributed by atoms with Crippen LogP contribution in [0.3, 0.4) is 0 Å². The molecule has 1 heterocycles. The highest BCUT2D eigenvalue weighted by Crippen LogP contribution is 2.45. The van der Waals surface area contributed by atoms with Gasteiger partial charge < -0.3 is 4.74 Å². The molecule has 0 bridgehead atoms. The summed E-state index contributed by atoms with van der Waals surface area (Å²) in [4.78, 5) is 3.48. The molecule has 0 amide bonds. The van der Waals surface area contributed by atoms with Gasteiger partial charge in [0.25, 0.3) is 0 Å². The predicted molar refractivity (Wildman–Crippen MR) is 95.8 cm³/mol. The summed E-state index contributed by atoms with van der Waals surface area (Å²) >= 11 is 0. The van der Waals surface area contributed by atoms with Gasteiger partial charge in [0.1, 0.15) is 11.4 Å². The molecule has 0 fully saturated rings. The van der Waals surface area contributed by atoms with Crippen LogP contribution in [0.25, 0.3) is 4.85 Å². The van der Waals surface area contributed by atoms with Crippen LogP contribution in [0.1, 0.15) is 58.6 Å². The van der Waals surface area contributed by atoms with Crippen LogP contribution in [-0.2, 0) is 10.0 Å². The number of hydrogen-bond acceptors (Lipinski definition) is 3. The highest BCUT2D eigenvalue weighted by molar-refractivity contribution is 7.89. The van der Waals surface area contributed by atoms with Crippen molar-refractivity contribution in [1.82, 2.24) is 4.31 Å². The summed E-state index contributed by atoms with van der Waals surface area (Å²) in [5.74, 6) is 0.753. The van der Waals surface area contributed by atoms with Gasteiger partial charge in [-0.3, -0.25) is 0 Å². The molecule has 1 atom stereocenters. The minimum absolute atomic E-state index is 0.0757. The van der Waals surface area contributed by atoms with E-state index in [-0.39, 0.29) is 11.8 Å². The van der Waals surface area contributed by atoms with Crippen molar-refractivity contribution in [3.8, 4) is 5.75 Å². The van der Waals surface area contributed by atoms with E-state index in [4.69, 9.17) is 11.3 Å². The van der Waals surface area contributed by atoms with E-state index in [1.54, 1.807) is 29.4 Å². The second-order valence-corrected chi connectivity index (χ2v) is 8.99. The number of hydrogen-bond donors (Lipinski definition) is 0. The molecule has 0 radical (unpaired) electrons. The van der Waals surface area contributed by atoms with Gasteiger partial charge in [0.15, 0.2) is 5.69 Å². The van der Waals surface area contributed by atoms with Gasteiger partial charge in [-0.05, 0) is 39.3 Å². The van der Waals surface area contributed by atoms with E-state index in [1.807, 2.05) is 13.8 Å². The summed E-state index contributed by atoms with van der Waals surface area (Å²) in [7, 11) is -3.34. The van der Waals surface area contributed by atoms with Crippen molar-refractivity contribution in [3.05, 3.63) is 35.2 Å². The first-order chi connectivity index (χ1) is 11.2. The van der Waals surface area contributed by atoms with E-state index < -0.39 is 15.6 Å². The van der Waals surface area contributed by atoms with Crippen LogP contribution in [0.5, 0.6) is 5.75 Å². The number of ether oxygens (including phenoxy) is 1. The molecule has 1 aromatic rings. The monoisotopic (exact) mass is 350 g/mol. The Bertz CT molecular complexity index is 735. The van der Waals surface area contributed by atoms with Crippen molar-refractivity contribution in [2.75, 3.05) is 12.3 Å². The minimum atomic E-state index is -3.34. The Morgan fingerprint density at radius 3 is 2.67 bits per heavy atom. The molecule has 0 saturated heterocycles. The number of unbranched alkanes of at least 4 members (excludes halogenated alkanes) is 1. The molecule has 0 spiro atoms. The first-order valence-electron chi connectivity index (χ1n) is 8.44. The number of benzene rings is 1. The number of rotatable bonds is 6. The van der Waals surface area contributed by atoms with Crippen molar-refractivity contribution in [2.24, 2.45) is 0 Å². The van der Waals surface area contributed by atoms with E-state index in [9.17, 15) is 8.42 Å². The second-order valence-electron chi connectivity index (χ2n) is 6.78. The summed E-state index contributed by atoms with van der Waals surface area (Å²) in [6.45, 7) is 15.4. The molecule has 2 rings (SSSR count). The van der Waals surface area contributed by atoms with Gasteiger partial charge in [0.2, 0.25) is 10.0 Å². The molecule has 6 heteroatoms. The highest BCUT2D eigenvalue weighted by atomic mass is 32.2. The van der Waals surface area contributed by atoms with Crippen molar-refractivity contribution in [2.45, 2.75) is 58.6 Å². The summed E-state index contributed by atoms with van der Waals surface area (Å²) in [6.07, 6.45) is 2.32. The smallest absolute Gasteiger partial charge is 0.214 e. The van der Waals surface area contributed by atoms with Gasteiger partial charge in [-0.15, -0.1) is 0 Å². The molecule has 132 valence electrons. The minimum Gasteiger partial charge on any atom is -0.488 e. The van der Waals surface area contributed by atoms with E-state index in [2.05, 4.69) is 11.8 Å². The second kappa shape index (κ2) is 7.12. The Morgan fingerprint density at radius 2 is 2.08 bits per heavy atom. The van der Waals surface area contributed by atoms with Gasteiger partial charge in [-0.2, -0.15) is 4.31 Å². The fraction of sp³-hybridized carbons (Fsp3) is 0.611. The van der Waals surface area contributed by atoms with Crippen LogP contribution in [0.15, 0.2) is 18.2 Å². The zero-order valence-corrected chi connectivity index (χ0v) is 15.7. The van der Waals surface area contributed by atoms with Crippen LogP contribution in [0.2, 0.25) is 0 Å². The highest BCUT2D eigenvalue weighted by Gasteiger charge is 2.40. The maximum atomic E-state index is 12.7. The fourth-order valence-electron chi connectivity index (χ4n) is 3.10. The zero-order chi connectivity index (χ0) is 18.0. The van der Waals surface area contributed by atoms with Gasteiger partial charge in [-0.25, -0.2) is 13.3 Å². The van der Waals surface area contributed by atoms with Crippen LogP contribution in [0, 0.1) is 6.57 Å². The van der Waals surface area contributed by atoms with E-state index >= 15 is 0 Å². The standard InChI is InChI=1S/C18H26N2O3S/c1-6-8-11-20(24(21,22)7-2)16-13-18(3,4)23-17-10-9-14(19-5)12-15(16)17/h9-10,12,16H,6-8,11,13H2,1-4H3. The topological polar surface area (TPSA) is 51.0 Å². The van der Waals surface area contributed by atoms with Crippen molar-refractivity contribution < 1.29 is 13.2 Å². The zero-order valence-electron chi connectivity index (χ0n) is 14.9. The summed E-state index contributed by atoms with van der Waals surface area (Å²) < 4.78 is 33.1. The molecule has 0 aromatic heterocycles. The average Bonchev–Trinajstić information content (AvgIpc) is 2.53. The Hall–Kier alpha value is -1.58. The maximum absolute atomic E-state index is 12.7. The molecule has 0 saturated carbocycles. The molecule has 1 aliphatic heterocycles. The fourth-order valence-corrected chi connectivity index (χ4v) is 4.41. The molecule has 1 aliphatic rings. The van der Waals surface area contributed by atoms with E-state index in [0.29, 0.717) is 24.4 Å². The molecule has 1 unspecified atom stereocenters. The number of sulfonamides is 1. The first-order valence-corrected chi connectivity index (χ1v) is 10.0. The Balaban J connectivity index is 2.55. The molecule has 24 heavy (non-hydrogen) atoms. The molecule has 0 aliphatic carbocycles. The lowest BCUT2D eigenvalue weighted by Gasteiger charge is -2.42. The molecular weight excluding hydrogens is 324 g/mol. The third-order valence-corrected chi connectivity index (χ3v) is 6.24. The van der Waals surface area contributed by atoms with Gasteiger partial charge >= 0.3 is 0 Å². The van der Waals surface area contributed by atoms with Crippen LogP contribution < -0.4 is 4.74 Å². The van der Waals surface area contributed by atoms with Crippen LogP contribution in [0.4, 0.5) is 5.69 Å². The van der Waals surface area contributed by atoms with E-state index in [0.717, 1.165) is 18.4 Å². The lowest BCUT2D eigenvalue weighted by atomic mass is 9.89. The Morgan fingerprint density at radius 1 is 1.38 bits per heavy atom. The third kappa shape index (κ3) is 3.90. The Labute approximate surface area is 145 Å². The van der Waals surface area contributed by atoms with Crippen LogP contribution >= 0.6 is 0 Å². The SMILES string of the molecule is [C-]#[N+]c1ccc2c(c1)C(N(CCCC)S(=O)(=O)CC)CC(C)(C)O2. The Kier molecular flexibility index (Phi) is 5.56.